The van der Waals surface area contributed by atoms with Crippen LogP contribution in [0.2, 0.25) is 0 Å². The van der Waals surface area contributed by atoms with Crippen LogP contribution in [-0.4, -0.2) is 35.3 Å². The van der Waals surface area contributed by atoms with Crippen LogP contribution in [0.4, 0.5) is 0 Å². The lowest BCUT2D eigenvalue weighted by atomic mass is 9.82. The van der Waals surface area contributed by atoms with Crippen LogP contribution < -0.4 is 11.1 Å². The summed E-state index contributed by atoms with van der Waals surface area (Å²) in [5, 5.41) is 2.62. The summed E-state index contributed by atoms with van der Waals surface area (Å²) in [7, 11) is 0. The van der Waals surface area contributed by atoms with E-state index in [9.17, 15) is 9.59 Å². The Morgan fingerprint density at radius 3 is 2.18 bits per heavy atom. The van der Waals surface area contributed by atoms with Crippen LogP contribution in [0, 0.1) is 5.41 Å². The SMILES string of the molecule is CCC(C)(C)C(=O)[C@H](CS)NC(=O)[C@@H](N)CS. The van der Waals surface area contributed by atoms with E-state index in [1.807, 2.05) is 20.8 Å². The van der Waals surface area contributed by atoms with Gasteiger partial charge < -0.3 is 11.1 Å². The quantitative estimate of drug-likeness (QED) is 0.517. The van der Waals surface area contributed by atoms with Crippen molar-refractivity contribution in [3.05, 3.63) is 0 Å². The molecular weight excluding hydrogens is 256 g/mol. The van der Waals surface area contributed by atoms with Crippen LogP contribution >= 0.6 is 25.3 Å². The Bertz CT molecular complexity index is 283. The van der Waals surface area contributed by atoms with E-state index in [1.165, 1.54) is 0 Å². The first-order valence-corrected chi connectivity index (χ1v) is 6.88. The minimum absolute atomic E-state index is 0.0188. The summed E-state index contributed by atoms with van der Waals surface area (Å²) in [4.78, 5) is 23.7. The van der Waals surface area contributed by atoms with Crippen molar-refractivity contribution in [2.45, 2.75) is 39.3 Å². The van der Waals surface area contributed by atoms with E-state index in [0.29, 0.717) is 6.42 Å². The number of carbonyl (C=O) groups excluding carboxylic acids is 2. The van der Waals surface area contributed by atoms with Crippen LogP contribution in [0.5, 0.6) is 0 Å². The molecule has 0 aromatic heterocycles. The zero-order valence-corrected chi connectivity index (χ0v) is 12.4. The Hall–Kier alpha value is -0.200. The summed E-state index contributed by atoms with van der Waals surface area (Å²) in [5.41, 5.74) is 5.07. The largest absolute Gasteiger partial charge is 0.344 e. The highest BCUT2D eigenvalue weighted by Crippen LogP contribution is 2.23. The van der Waals surface area contributed by atoms with Gasteiger partial charge in [-0.1, -0.05) is 20.8 Å². The first kappa shape index (κ1) is 16.8. The molecule has 6 heteroatoms. The highest BCUT2D eigenvalue weighted by Gasteiger charge is 2.32. The molecule has 100 valence electrons. The number of Topliss-reactive ketones (excluding diaryl/α,β-unsaturated/α-hetero) is 1. The third kappa shape index (κ3) is 4.89. The van der Waals surface area contributed by atoms with Gasteiger partial charge in [0.15, 0.2) is 5.78 Å². The Morgan fingerprint density at radius 1 is 1.29 bits per heavy atom. The molecular formula is C11H22N2O2S2. The summed E-state index contributed by atoms with van der Waals surface area (Å²) < 4.78 is 0. The monoisotopic (exact) mass is 278 g/mol. The molecule has 0 heterocycles. The number of thiol groups is 2. The molecule has 0 radical (unpaired) electrons. The van der Waals surface area contributed by atoms with E-state index in [2.05, 4.69) is 30.6 Å². The Kier molecular flexibility index (Phi) is 7.20. The van der Waals surface area contributed by atoms with E-state index in [-0.39, 0.29) is 23.2 Å². The Balaban J connectivity index is 4.65. The topological polar surface area (TPSA) is 72.2 Å². The minimum Gasteiger partial charge on any atom is -0.344 e. The van der Waals surface area contributed by atoms with Gasteiger partial charge in [0.25, 0.3) is 0 Å². The number of carbonyl (C=O) groups is 2. The highest BCUT2D eigenvalue weighted by atomic mass is 32.1. The number of ketones is 1. The number of hydrogen-bond acceptors (Lipinski definition) is 5. The standard InChI is InChI=1S/C11H22N2O2S2/c1-4-11(2,3)9(14)8(6-17)13-10(15)7(12)5-16/h7-8,16-17H,4-6,12H2,1-3H3,(H,13,15)/t7-,8-/m0/s1. The average Bonchev–Trinajstić information content (AvgIpc) is 2.33. The average molecular weight is 278 g/mol. The van der Waals surface area contributed by atoms with Gasteiger partial charge >= 0.3 is 0 Å². The van der Waals surface area contributed by atoms with Crippen LogP contribution in [0.25, 0.3) is 0 Å². The molecule has 2 atom stereocenters. The molecule has 17 heavy (non-hydrogen) atoms. The van der Waals surface area contributed by atoms with Crippen molar-refractivity contribution in [1.29, 1.82) is 0 Å². The van der Waals surface area contributed by atoms with Crippen LogP contribution in [-0.2, 0) is 9.59 Å². The Morgan fingerprint density at radius 2 is 1.82 bits per heavy atom. The van der Waals surface area contributed by atoms with Crippen LogP contribution in [0.1, 0.15) is 27.2 Å². The third-order valence-electron chi connectivity index (χ3n) is 2.90. The van der Waals surface area contributed by atoms with Gasteiger partial charge in [0.05, 0.1) is 12.1 Å². The van der Waals surface area contributed by atoms with Crippen molar-refractivity contribution in [2.24, 2.45) is 11.1 Å². The molecule has 0 aliphatic carbocycles. The minimum atomic E-state index is -0.696. The van der Waals surface area contributed by atoms with Crippen molar-refractivity contribution in [3.8, 4) is 0 Å². The molecule has 0 aliphatic heterocycles. The van der Waals surface area contributed by atoms with Gasteiger partial charge in [-0.05, 0) is 6.42 Å². The zero-order chi connectivity index (χ0) is 13.6. The van der Waals surface area contributed by atoms with Gasteiger partial charge in [-0.15, -0.1) is 0 Å². The van der Waals surface area contributed by atoms with E-state index >= 15 is 0 Å². The Labute approximate surface area is 114 Å². The number of hydrogen-bond donors (Lipinski definition) is 4. The van der Waals surface area contributed by atoms with Gasteiger partial charge in [0.1, 0.15) is 0 Å². The van der Waals surface area contributed by atoms with Crippen molar-refractivity contribution in [3.63, 3.8) is 0 Å². The second kappa shape index (κ2) is 7.28. The van der Waals surface area contributed by atoms with Gasteiger partial charge in [-0.2, -0.15) is 25.3 Å². The molecule has 0 aromatic rings. The van der Waals surface area contributed by atoms with Crippen molar-refractivity contribution in [1.82, 2.24) is 5.32 Å². The predicted molar refractivity (Wildman–Crippen MR) is 76.7 cm³/mol. The predicted octanol–water partition coefficient (Wildman–Crippen LogP) is 0.663. The summed E-state index contributed by atoms with van der Waals surface area (Å²) in [6.45, 7) is 5.65. The summed E-state index contributed by atoms with van der Waals surface area (Å²) in [5.74, 6) is 0.137. The normalized spacial score (nSPS) is 15.2. The maximum Gasteiger partial charge on any atom is 0.238 e. The molecule has 0 aliphatic rings. The lowest BCUT2D eigenvalue weighted by molar-refractivity contribution is -0.132. The van der Waals surface area contributed by atoms with Gasteiger partial charge in [0, 0.05) is 16.9 Å². The summed E-state index contributed by atoms with van der Waals surface area (Å²) in [6.07, 6.45) is 0.713. The molecule has 0 unspecified atom stereocenters. The molecule has 1 amide bonds. The van der Waals surface area contributed by atoms with Crippen LogP contribution in [0.15, 0.2) is 0 Å². The second-order valence-corrected chi connectivity index (χ2v) is 5.36. The van der Waals surface area contributed by atoms with Crippen molar-refractivity contribution in [2.75, 3.05) is 11.5 Å². The molecule has 0 rings (SSSR count). The van der Waals surface area contributed by atoms with Gasteiger partial charge in [0.2, 0.25) is 5.91 Å². The summed E-state index contributed by atoms with van der Waals surface area (Å²) in [6, 6.07) is -1.29. The lowest BCUT2D eigenvalue weighted by Crippen LogP contribution is -2.52. The van der Waals surface area contributed by atoms with E-state index in [1.54, 1.807) is 0 Å². The fourth-order valence-corrected chi connectivity index (χ4v) is 1.62. The maximum atomic E-state index is 12.1. The highest BCUT2D eigenvalue weighted by molar-refractivity contribution is 7.80. The fourth-order valence-electron chi connectivity index (χ4n) is 1.20. The van der Waals surface area contributed by atoms with Gasteiger partial charge in [-0.25, -0.2) is 0 Å². The van der Waals surface area contributed by atoms with E-state index in [4.69, 9.17) is 5.73 Å². The molecule has 0 bridgehead atoms. The number of amides is 1. The molecule has 0 spiro atoms. The second-order valence-electron chi connectivity index (χ2n) is 4.63. The molecule has 0 aromatic carbocycles. The lowest BCUT2D eigenvalue weighted by Gasteiger charge is -2.27. The molecule has 3 N–H and O–H groups in total. The number of nitrogens with one attached hydrogen (secondary N) is 1. The third-order valence-corrected chi connectivity index (χ3v) is 3.66. The molecule has 0 saturated heterocycles. The van der Waals surface area contributed by atoms with Crippen molar-refractivity contribution >= 4 is 36.9 Å². The molecule has 4 nitrogen and oxygen atoms in total. The van der Waals surface area contributed by atoms with Crippen molar-refractivity contribution < 1.29 is 9.59 Å². The maximum absolute atomic E-state index is 12.1. The van der Waals surface area contributed by atoms with Crippen LogP contribution in [0.3, 0.4) is 0 Å². The smallest absolute Gasteiger partial charge is 0.238 e. The first-order valence-electron chi connectivity index (χ1n) is 5.62. The summed E-state index contributed by atoms with van der Waals surface area (Å²) >= 11 is 8.05. The number of nitrogens with two attached hydrogens (primary N) is 1. The number of rotatable bonds is 7. The van der Waals surface area contributed by atoms with E-state index < -0.39 is 17.5 Å². The molecule has 0 saturated carbocycles. The van der Waals surface area contributed by atoms with Gasteiger partial charge in [-0.3, -0.25) is 9.59 Å². The zero-order valence-electron chi connectivity index (χ0n) is 10.6. The van der Waals surface area contributed by atoms with E-state index in [0.717, 1.165) is 0 Å². The molecule has 0 fully saturated rings. The fraction of sp³-hybridized carbons (Fsp3) is 0.818. The first-order chi connectivity index (χ1) is 7.80.